The van der Waals surface area contributed by atoms with Crippen molar-refractivity contribution in [1.82, 2.24) is 20.0 Å². The van der Waals surface area contributed by atoms with Gasteiger partial charge >= 0.3 is 0 Å². The van der Waals surface area contributed by atoms with Crippen LogP contribution in [0.5, 0.6) is 0 Å². The average molecular weight is 363 g/mol. The Morgan fingerprint density at radius 2 is 2.08 bits per heavy atom. The molecule has 0 aliphatic rings. The van der Waals surface area contributed by atoms with E-state index < -0.39 is 0 Å². The molecule has 1 N–H and O–H groups in total. The van der Waals surface area contributed by atoms with E-state index in [2.05, 4.69) is 10.4 Å². The van der Waals surface area contributed by atoms with Crippen molar-refractivity contribution in [1.29, 1.82) is 0 Å². The lowest BCUT2D eigenvalue weighted by molar-refractivity contribution is -0.121. The van der Waals surface area contributed by atoms with Crippen LogP contribution in [0.25, 0.3) is 5.69 Å². The molecule has 25 heavy (non-hydrogen) atoms. The first-order valence-corrected chi connectivity index (χ1v) is 8.79. The molecule has 1 heterocycles. The highest BCUT2D eigenvalue weighted by atomic mass is 35.5. The van der Waals surface area contributed by atoms with E-state index in [0.717, 1.165) is 18.5 Å². The normalized spacial score (nSPS) is 10.5. The molecule has 0 bridgehead atoms. The van der Waals surface area contributed by atoms with Gasteiger partial charge in [0.15, 0.2) is 0 Å². The number of benzene rings is 1. The van der Waals surface area contributed by atoms with Gasteiger partial charge in [0, 0.05) is 24.3 Å². The molecule has 0 fully saturated rings. The van der Waals surface area contributed by atoms with E-state index in [4.69, 9.17) is 11.6 Å². The molecule has 0 unspecified atom stereocenters. The zero-order chi connectivity index (χ0) is 18.2. The van der Waals surface area contributed by atoms with Gasteiger partial charge in [-0.25, -0.2) is 4.68 Å². The van der Waals surface area contributed by atoms with E-state index in [0.29, 0.717) is 23.7 Å². The molecule has 0 saturated heterocycles. The molecule has 0 aliphatic carbocycles. The van der Waals surface area contributed by atoms with Crippen LogP contribution in [-0.2, 0) is 4.79 Å². The van der Waals surface area contributed by atoms with Crippen molar-refractivity contribution in [3.05, 3.63) is 47.2 Å². The zero-order valence-electron chi connectivity index (χ0n) is 14.5. The van der Waals surface area contributed by atoms with Crippen LogP contribution in [0, 0.1) is 0 Å². The lowest BCUT2D eigenvalue weighted by atomic mass is 10.2. The van der Waals surface area contributed by atoms with Crippen molar-refractivity contribution < 1.29 is 9.59 Å². The topological polar surface area (TPSA) is 67.2 Å². The molecule has 2 amide bonds. The number of halogens is 1. The van der Waals surface area contributed by atoms with Crippen LogP contribution in [0.2, 0.25) is 5.02 Å². The highest BCUT2D eigenvalue weighted by Gasteiger charge is 2.19. The van der Waals surface area contributed by atoms with Crippen LogP contribution in [0.1, 0.15) is 37.0 Å². The lowest BCUT2D eigenvalue weighted by Crippen LogP contribution is -2.41. The second-order valence-electron chi connectivity index (χ2n) is 5.73. The van der Waals surface area contributed by atoms with Gasteiger partial charge in [-0.1, -0.05) is 31.5 Å². The second kappa shape index (κ2) is 9.22. The Labute approximate surface area is 152 Å². The maximum atomic E-state index is 12.7. The molecule has 0 aliphatic heterocycles. The quantitative estimate of drug-likeness (QED) is 0.785. The van der Waals surface area contributed by atoms with Crippen molar-refractivity contribution in [2.24, 2.45) is 0 Å². The molecule has 0 spiro atoms. The predicted molar refractivity (Wildman–Crippen MR) is 98.1 cm³/mol. The summed E-state index contributed by atoms with van der Waals surface area (Å²) in [4.78, 5) is 26.2. The fourth-order valence-electron chi connectivity index (χ4n) is 2.39. The van der Waals surface area contributed by atoms with E-state index in [1.807, 2.05) is 26.0 Å². The molecule has 1 aromatic carbocycles. The molecule has 0 radical (unpaired) electrons. The van der Waals surface area contributed by atoms with Gasteiger partial charge in [0.05, 0.1) is 24.0 Å². The van der Waals surface area contributed by atoms with Crippen LogP contribution < -0.4 is 5.32 Å². The van der Waals surface area contributed by atoms with Crippen molar-refractivity contribution in [2.75, 3.05) is 19.6 Å². The number of aromatic nitrogens is 2. The third-order valence-electron chi connectivity index (χ3n) is 3.59. The molecule has 6 nitrogen and oxygen atoms in total. The largest absolute Gasteiger partial charge is 0.355 e. The molecule has 7 heteroatoms. The summed E-state index contributed by atoms with van der Waals surface area (Å²) >= 11 is 5.99. The third kappa shape index (κ3) is 5.32. The van der Waals surface area contributed by atoms with Gasteiger partial charge < -0.3 is 10.2 Å². The number of carbonyl (C=O) groups is 2. The first-order valence-electron chi connectivity index (χ1n) is 8.41. The molecular weight excluding hydrogens is 340 g/mol. The van der Waals surface area contributed by atoms with Crippen LogP contribution in [0.4, 0.5) is 0 Å². The summed E-state index contributed by atoms with van der Waals surface area (Å²) in [5.74, 6) is -0.354. The second-order valence-corrected chi connectivity index (χ2v) is 6.17. The summed E-state index contributed by atoms with van der Waals surface area (Å²) in [6.45, 7) is 5.13. The highest BCUT2D eigenvalue weighted by Crippen LogP contribution is 2.15. The summed E-state index contributed by atoms with van der Waals surface area (Å²) in [6.07, 6.45) is 4.80. The minimum absolute atomic E-state index is 0.0506. The molecule has 0 atom stereocenters. The van der Waals surface area contributed by atoms with Gasteiger partial charge in [-0.2, -0.15) is 5.10 Å². The Hall–Kier alpha value is -2.34. The van der Waals surface area contributed by atoms with E-state index in [9.17, 15) is 9.59 Å². The third-order valence-corrected chi connectivity index (χ3v) is 3.82. The molecular formula is C18H23ClN4O2. The predicted octanol–water partition coefficient (Wildman–Crippen LogP) is 2.90. The van der Waals surface area contributed by atoms with E-state index >= 15 is 0 Å². The van der Waals surface area contributed by atoms with Crippen LogP contribution >= 0.6 is 11.6 Å². The molecule has 134 valence electrons. The molecule has 1 aromatic heterocycles. The summed E-state index contributed by atoms with van der Waals surface area (Å²) in [6, 6.07) is 7.22. The average Bonchev–Trinajstić information content (AvgIpc) is 3.09. The van der Waals surface area contributed by atoms with Gasteiger partial charge in [0.25, 0.3) is 5.91 Å². The number of amides is 2. The van der Waals surface area contributed by atoms with E-state index in [1.165, 1.54) is 6.20 Å². The molecule has 2 rings (SSSR count). The fraction of sp³-hybridized carbons (Fsp3) is 0.389. The highest BCUT2D eigenvalue weighted by molar-refractivity contribution is 6.30. The van der Waals surface area contributed by atoms with Crippen LogP contribution in [0.15, 0.2) is 36.7 Å². The SMILES string of the molecule is CCCNC(=O)CN(CCC)C(=O)c1cnn(-c2cccc(Cl)c2)c1. The Morgan fingerprint density at radius 1 is 1.28 bits per heavy atom. The van der Waals surface area contributed by atoms with Crippen molar-refractivity contribution in [2.45, 2.75) is 26.7 Å². The monoisotopic (exact) mass is 362 g/mol. The zero-order valence-corrected chi connectivity index (χ0v) is 15.3. The summed E-state index contributed by atoms with van der Waals surface area (Å²) < 4.78 is 1.60. The number of hydrogen-bond donors (Lipinski definition) is 1. The van der Waals surface area contributed by atoms with Gasteiger partial charge in [-0.3, -0.25) is 9.59 Å². The van der Waals surface area contributed by atoms with Crippen molar-refractivity contribution in [3.8, 4) is 5.69 Å². The smallest absolute Gasteiger partial charge is 0.257 e. The van der Waals surface area contributed by atoms with Gasteiger partial charge in [-0.05, 0) is 31.0 Å². The molecule has 2 aromatic rings. The van der Waals surface area contributed by atoms with Crippen LogP contribution in [0.3, 0.4) is 0 Å². The number of hydrogen-bond acceptors (Lipinski definition) is 3. The number of carbonyl (C=O) groups excluding carboxylic acids is 2. The molecule has 0 saturated carbocycles. The summed E-state index contributed by atoms with van der Waals surface area (Å²) in [5, 5.41) is 7.62. The fourth-order valence-corrected chi connectivity index (χ4v) is 2.58. The van der Waals surface area contributed by atoms with Gasteiger partial charge in [-0.15, -0.1) is 0 Å². The first-order chi connectivity index (χ1) is 12.0. The minimum atomic E-state index is -0.207. The summed E-state index contributed by atoms with van der Waals surface area (Å²) in [5.41, 5.74) is 1.21. The van der Waals surface area contributed by atoms with Crippen molar-refractivity contribution >= 4 is 23.4 Å². The minimum Gasteiger partial charge on any atom is -0.355 e. The Balaban J connectivity index is 2.12. The van der Waals surface area contributed by atoms with E-state index in [-0.39, 0.29) is 18.4 Å². The van der Waals surface area contributed by atoms with E-state index in [1.54, 1.807) is 27.9 Å². The standard InChI is InChI=1S/C18H23ClN4O2/c1-3-8-20-17(24)13-22(9-4-2)18(25)14-11-21-23(12-14)16-7-5-6-15(19)10-16/h5-7,10-12H,3-4,8-9,13H2,1-2H3,(H,20,24). The maximum absolute atomic E-state index is 12.7. The lowest BCUT2D eigenvalue weighted by Gasteiger charge is -2.20. The number of rotatable bonds is 8. The Morgan fingerprint density at radius 3 is 2.76 bits per heavy atom. The van der Waals surface area contributed by atoms with Gasteiger partial charge in [0.2, 0.25) is 5.91 Å². The number of nitrogens with zero attached hydrogens (tertiary/aromatic N) is 3. The Bertz CT molecular complexity index is 729. The number of nitrogens with one attached hydrogen (secondary N) is 1. The maximum Gasteiger partial charge on any atom is 0.257 e. The summed E-state index contributed by atoms with van der Waals surface area (Å²) in [7, 11) is 0. The Kier molecular flexibility index (Phi) is 7.01. The van der Waals surface area contributed by atoms with Crippen LogP contribution in [-0.4, -0.2) is 46.1 Å². The first kappa shape index (κ1) is 19.0. The van der Waals surface area contributed by atoms with Gasteiger partial charge in [0.1, 0.15) is 0 Å². The van der Waals surface area contributed by atoms with Crippen molar-refractivity contribution in [3.63, 3.8) is 0 Å².